The molecular formula is C29H38N8O6. The van der Waals surface area contributed by atoms with E-state index >= 15 is 0 Å². The average Bonchev–Trinajstić information content (AvgIpc) is 3.28. The molecule has 0 spiro atoms. The van der Waals surface area contributed by atoms with Crippen molar-refractivity contribution in [2.75, 3.05) is 6.54 Å². The Hall–Kier alpha value is -4.36. The number of carbonyl (C=O) groups is 4. The van der Waals surface area contributed by atoms with Gasteiger partial charge in [0.25, 0.3) is 0 Å². The molecular weight excluding hydrogens is 556 g/mol. The number of carbonyl (C=O) groups excluding carboxylic acids is 3. The molecule has 14 heteroatoms. The minimum atomic E-state index is -1.42. The second kappa shape index (κ2) is 12.1. The van der Waals surface area contributed by atoms with Crippen LogP contribution in [-0.2, 0) is 19.1 Å². The van der Waals surface area contributed by atoms with Crippen molar-refractivity contribution in [3.05, 3.63) is 36.5 Å². The first-order valence-corrected chi connectivity index (χ1v) is 14.7. The molecule has 3 N–H and O–H groups in total. The van der Waals surface area contributed by atoms with Crippen LogP contribution in [0, 0.1) is 5.92 Å². The number of carboxylic acids is 1. The average molecular weight is 595 g/mol. The molecule has 0 unspecified atom stereocenters. The van der Waals surface area contributed by atoms with E-state index in [2.05, 4.69) is 31.0 Å². The molecule has 1 aliphatic carbocycles. The number of aromatic nitrogens is 5. The first-order chi connectivity index (χ1) is 20.5. The van der Waals surface area contributed by atoms with Crippen molar-refractivity contribution in [1.82, 2.24) is 40.7 Å². The number of amides is 3. The Bertz CT molecular complexity index is 1390. The number of hydrogen-bond acceptors (Lipinski definition) is 9. The fourth-order valence-corrected chi connectivity index (χ4v) is 5.67. The zero-order valence-corrected chi connectivity index (χ0v) is 24.6. The second-order valence-electron chi connectivity index (χ2n) is 12.4. The maximum Gasteiger partial charge on any atom is 0.408 e. The van der Waals surface area contributed by atoms with Crippen LogP contribution in [0.4, 0.5) is 4.79 Å². The molecule has 5 atom stereocenters. The van der Waals surface area contributed by atoms with Crippen molar-refractivity contribution in [3.63, 3.8) is 0 Å². The summed E-state index contributed by atoms with van der Waals surface area (Å²) in [5.74, 6) is -2.19. The van der Waals surface area contributed by atoms with Crippen molar-refractivity contribution in [2.45, 2.75) is 95.0 Å². The lowest BCUT2D eigenvalue weighted by Crippen LogP contribution is -2.56. The molecule has 0 bridgehead atoms. The minimum absolute atomic E-state index is 0.0604. The van der Waals surface area contributed by atoms with E-state index in [-0.39, 0.29) is 25.3 Å². The number of allylic oxidation sites excluding steroid dienone is 1. The van der Waals surface area contributed by atoms with Crippen molar-refractivity contribution < 1.29 is 29.0 Å². The summed E-state index contributed by atoms with van der Waals surface area (Å²) in [5, 5.41) is 28.3. The molecule has 4 heterocycles. The van der Waals surface area contributed by atoms with Gasteiger partial charge in [0.05, 0.1) is 6.04 Å². The van der Waals surface area contributed by atoms with Crippen LogP contribution in [-0.4, -0.2) is 88.8 Å². The fourth-order valence-electron chi connectivity index (χ4n) is 5.67. The molecule has 14 nitrogen and oxygen atoms in total. The molecule has 2 aromatic heterocycles. The van der Waals surface area contributed by atoms with E-state index in [0.717, 1.165) is 19.3 Å². The third kappa shape index (κ3) is 6.83. The van der Waals surface area contributed by atoms with Gasteiger partial charge in [0.1, 0.15) is 28.9 Å². The summed E-state index contributed by atoms with van der Waals surface area (Å²) >= 11 is 0. The summed E-state index contributed by atoms with van der Waals surface area (Å²) in [7, 11) is 0. The number of ether oxygens (including phenoxy) is 1. The molecule has 3 amide bonds. The minimum Gasteiger partial charge on any atom is -0.479 e. The largest absolute Gasteiger partial charge is 0.479 e. The molecule has 0 radical (unpaired) electrons. The molecule has 43 heavy (non-hydrogen) atoms. The number of hydrogen-bond donors (Lipinski definition) is 3. The number of rotatable bonds is 4. The quantitative estimate of drug-likeness (QED) is 0.444. The van der Waals surface area contributed by atoms with E-state index in [0.29, 0.717) is 24.4 Å². The Balaban J connectivity index is 1.44. The third-order valence-electron chi connectivity index (χ3n) is 7.98. The summed E-state index contributed by atoms with van der Waals surface area (Å²) < 4.78 is 5.43. The lowest BCUT2D eigenvalue weighted by atomic mass is 10.0. The zero-order valence-electron chi connectivity index (χ0n) is 24.6. The number of nitrogens with one attached hydrogen (secondary N) is 2. The number of pyridine rings is 1. The summed E-state index contributed by atoms with van der Waals surface area (Å²) in [4.78, 5) is 59.9. The lowest BCUT2D eigenvalue weighted by Gasteiger charge is -2.30. The SMILES string of the molecule is CC(C)(C)OC(=O)N[C@H]1CCCCC/C=C\[C@@H]2C[C@@]2(C(=O)O)NC(=O)[C@@H]2C[C@@H](n3nnc(-c4ccccn4)n3)CN2C1=O. The van der Waals surface area contributed by atoms with Crippen LogP contribution in [0.3, 0.4) is 0 Å². The Morgan fingerprint density at radius 2 is 2.00 bits per heavy atom. The molecule has 3 aliphatic rings. The van der Waals surface area contributed by atoms with Crippen LogP contribution in [0.5, 0.6) is 0 Å². The summed E-state index contributed by atoms with van der Waals surface area (Å²) in [6, 6.07) is 2.83. The van der Waals surface area contributed by atoms with Crippen molar-refractivity contribution in [3.8, 4) is 11.5 Å². The number of nitrogens with zero attached hydrogens (tertiary/aromatic N) is 6. The Labute approximate surface area is 249 Å². The van der Waals surface area contributed by atoms with E-state index in [1.54, 1.807) is 45.2 Å². The molecule has 2 aromatic rings. The van der Waals surface area contributed by atoms with Gasteiger partial charge in [-0.1, -0.05) is 31.1 Å². The van der Waals surface area contributed by atoms with E-state index < -0.39 is 53.1 Å². The van der Waals surface area contributed by atoms with Gasteiger partial charge in [-0.3, -0.25) is 14.6 Å². The number of alkyl carbamates (subject to hydrolysis) is 1. The van der Waals surface area contributed by atoms with Crippen LogP contribution in [0.25, 0.3) is 11.5 Å². The topological polar surface area (TPSA) is 182 Å². The maximum absolute atomic E-state index is 14.1. The standard InChI is InChI=1S/C29H38N8O6/c1-28(2,3)43-27(42)31-21-13-8-6-4-5-7-11-18-16-29(18,26(40)41)32-24(38)22-15-19(17-36(22)25(21)39)37-34-23(33-35-37)20-12-9-10-14-30-20/h7,9-12,14,18-19,21-22H,4-6,8,13,15-17H2,1-3H3,(H,31,42)(H,32,38)(H,40,41)/b11-7-/t18-,19-,21+,22+,29-/m1/s1. The second-order valence-corrected chi connectivity index (χ2v) is 12.4. The first kappa shape index (κ1) is 30.1. The van der Waals surface area contributed by atoms with Gasteiger partial charge in [0.15, 0.2) is 0 Å². The molecule has 2 fully saturated rings. The van der Waals surface area contributed by atoms with Gasteiger partial charge in [-0.15, -0.1) is 10.2 Å². The van der Waals surface area contributed by atoms with Crippen LogP contribution in [0.2, 0.25) is 0 Å². The summed E-state index contributed by atoms with van der Waals surface area (Å²) in [6.45, 7) is 5.26. The first-order valence-electron chi connectivity index (χ1n) is 14.7. The van der Waals surface area contributed by atoms with Gasteiger partial charge >= 0.3 is 12.1 Å². The van der Waals surface area contributed by atoms with E-state index in [1.807, 2.05) is 12.2 Å². The van der Waals surface area contributed by atoms with Crippen LogP contribution < -0.4 is 10.6 Å². The van der Waals surface area contributed by atoms with Gasteiger partial charge in [0, 0.05) is 25.1 Å². The normalized spacial score (nSPS) is 28.9. The number of carboxylic acid groups (broad SMARTS) is 1. The predicted molar refractivity (Wildman–Crippen MR) is 152 cm³/mol. The van der Waals surface area contributed by atoms with E-state index in [9.17, 15) is 24.3 Å². The Morgan fingerprint density at radius 1 is 1.19 bits per heavy atom. The van der Waals surface area contributed by atoms with Crippen molar-refractivity contribution in [1.29, 1.82) is 0 Å². The van der Waals surface area contributed by atoms with Crippen LogP contribution in [0.15, 0.2) is 36.5 Å². The van der Waals surface area contributed by atoms with Crippen molar-refractivity contribution in [2.24, 2.45) is 5.92 Å². The number of fused-ring (bicyclic) bond motifs is 2. The van der Waals surface area contributed by atoms with Crippen LogP contribution >= 0.6 is 0 Å². The highest BCUT2D eigenvalue weighted by Crippen LogP contribution is 2.45. The molecule has 5 rings (SSSR count). The van der Waals surface area contributed by atoms with Gasteiger partial charge in [-0.25, -0.2) is 9.59 Å². The van der Waals surface area contributed by atoms with Crippen LogP contribution in [0.1, 0.15) is 71.8 Å². The van der Waals surface area contributed by atoms with Gasteiger partial charge in [-0.2, -0.15) is 4.80 Å². The highest BCUT2D eigenvalue weighted by Gasteiger charge is 2.61. The van der Waals surface area contributed by atoms with Gasteiger partial charge < -0.3 is 25.4 Å². The van der Waals surface area contributed by atoms with E-state index in [4.69, 9.17) is 4.74 Å². The Morgan fingerprint density at radius 3 is 2.72 bits per heavy atom. The monoisotopic (exact) mass is 594 g/mol. The molecule has 2 aliphatic heterocycles. The molecule has 1 saturated heterocycles. The van der Waals surface area contributed by atoms with Gasteiger partial charge in [0.2, 0.25) is 17.6 Å². The molecule has 1 saturated carbocycles. The fraction of sp³-hybridized carbons (Fsp3) is 0.586. The maximum atomic E-state index is 14.1. The highest BCUT2D eigenvalue weighted by atomic mass is 16.6. The van der Waals surface area contributed by atoms with Crippen molar-refractivity contribution >= 4 is 23.9 Å². The molecule has 230 valence electrons. The van der Waals surface area contributed by atoms with E-state index in [1.165, 1.54) is 9.70 Å². The molecule has 0 aromatic carbocycles. The summed E-state index contributed by atoms with van der Waals surface area (Å²) in [5.41, 5.74) is -1.67. The smallest absolute Gasteiger partial charge is 0.408 e. The lowest BCUT2D eigenvalue weighted by molar-refractivity contribution is -0.145. The highest BCUT2D eigenvalue weighted by molar-refractivity contribution is 5.96. The number of aliphatic carboxylic acids is 1. The van der Waals surface area contributed by atoms with Gasteiger partial charge in [-0.05, 0) is 63.8 Å². The summed E-state index contributed by atoms with van der Waals surface area (Å²) in [6.07, 6.45) is 8.51. The number of tetrazole rings is 1. The third-order valence-corrected chi connectivity index (χ3v) is 7.98. The Kier molecular flexibility index (Phi) is 8.47. The predicted octanol–water partition coefficient (Wildman–Crippen LogP) is 2.25. The zero-order chi connectivity index (χ0) is 30.8.